The van der Waals surface area contributed by atoms with E-state index in [0.29, 0.717) is 0 Å². The van der Waals surface area contributed by atoms with Crippen LogP contribution in [-0.2, 0) is 18.7 Å². The average molecular weight is 272 g/mol. The van der Waals surface area contributed by atoms with Crippen molar-refractivity contribution in [3.05, 3.63) is 0 Å². The maximum Gasteiger partial charge on any atom is 0.341 e. The number of hydrogen-bond acceptors (Lipinski definition) is 10. The Balaban J connectivity index is 4.59. The lowest BCUT2D eigenvalue weighted by Crippen LogP contribution is -2.48. The Kier molecular flexibility index (Phi) is 5.85. The molecule has 0 bridgehead atoms. The Morgan fingerprint density at radius 2 is 1.65 bits per heavy atom. The van der Waals surface area contributed by atoms with Crippen LogP contribution in [0, 0.1) is 0 Å². The standard InChI is InChI=1S/C6H11O10P/c7-1-2(8)3(9)4(10)5(11)6(12)16-17(13,14)15/h1-5,8-11H,(H2,13,14,15)/p-2/t2-,3-,4+,5-/m1/s1. The molecule has 0 heterocycles. The van der Waals surface area contributed by atoms with Crippen LogP contribution in [0.15, 0.2) is 0 Å². The Labute approximate surface area is 94.3 Å². The third-order valence-corrected chi connectivity index (χ3v) is 2.01. The maximum atomic E-state index is 10.7. The lowest BCUT2D eigenvalue weighted by atomic mass is 10.0. The van der Waals surface area contributed by atoms with Crippen molar-refractivity contribution in [1.82, 2.24) is 0 Å². The van der Waals surface area contributed by atoms with Crippen molar-refractivity contribution in [2.24, 2.45) is 0 Å². The first-order valence-electron chi connectivity index (χ1n) is 4.03. The lowest BCUT2D eigenvalue weighted by Gasteiger charge is -2.30. The molecule has 0 radical (unpaired) electrons. The van der Waals surface area contributed by atoms with Crippen LogP contribution < -0.4 is 9.79 Å². The summed E-state index contributed by atoms with van der Waals surface area (Å²) in [7, 11) is -5.71. The van der Waals surface area contributed by atoms with Crippen molar-refractivity contribution < 1.29 is 48.9 Å². The van der Waals surface area contributed by atoms with Crippen molar-refractivity contribution in [3.8, 4) is 0 Å². The number of carbonyl (C=O) groups excluding carboxylic acids is 2. The molecule has 0 aromatic rings. The van der Waals surface area contributed by atoms with Crippen molar-refractivity contribution in [2.45, 2.75) is 24.4 Å². The van der Waals surface area contributed by atoms with Crippen LogP contribution in [0.4, 0.5) is 0 Å². The molecule has 0 spiro atoms. The summed E-state index contributed by atoms with van der Waals surface area (Å²) in [6.07, 6.45) is -9.59. The predicted octanol–water partition coefficient (Wildman–Crippen LogP) is -5.00. The van der Waals surface area contributed by atoms with Gasteiger partial charge in [-0.05, 0) is 0 Å². The fourth-order valence-corrected chi connectivity index (χ4v) is 1.10. The molecular weight excluding hydrogens is 263 g/mol. The zero-order valence-corrected chi connectivity index (χ0v) is 8.97. The summed E-state index contributed by atoms with van der Waals surface area (Å²) in [5.74, 6) is -2.04. The van der Waals surface area contributed by atoms with Crippen LogP contribution in [-0.4, -0.2) is 57.1 Å². The van der Waals surface area contributed by atoms with Gasteiger partial charge in [0.2, 0.25) is 0 Å². The number of rotatable bonds is 6. The molecule has 0 aromatic carbocycles. The summed E-state index contributed by atoms with van der Waals surface area (Å²) >= 11 is 0. The van der Waals surface area contributed by atoms with Gasteiger partial charge in [-0.1, -0.05) is 0 Å². The molecule has 11 heteroatoms. The Morgan fingerprint density at radius 1 is 1.18 bits per heavy atom. The van der Waals surface area contributed by atoms with E-state index in [4.69, 9.17) is 20.4 Å². The molecule has 100 valence electrons. The molecular formula is C6H9O10P-2. The molecule has 10 nitrogen and oxygen atoms in total. The Bertz CT molecular complexity index is 323. The highest BCUT2D eigenvalue weighted by Gasteiger charge is 2.35. The van der Waals surface area contributed by atoms with Crippen LogP contribution in [0.5, 0.6) is 0 Å². The van der Waals surface area contributed by atoms with Crippen LogP contribution >= 0.6 is 7.82 Å². The smallest absolute Gasteiger partial charge is 0.341 e. The molecule has 0 saturated heterocycles. The van der Waals surface area contributed by atoms with Gasteiger partial charge in [-0.2, -0.15) is 0 Å². The van der Waals surface area contributed by atoms with Crippen LogP contribution in [0.1, 0.15) is 0 Å². The van der Waals surface area contributed by atoms with Gasteiger partial charge in [0.05, 0.1) is 0 Å². The molecule has 0 unspecified atom stereocenters. The minimum Gasteiger partial charge on any atom is -0.780 e. The molecule has 0 saturated carbocycles. The van der Waals surface area contributed by atoms with Gasteiger partial charge in [-0.15, -0.1) is 0 Å². The van der Waals surface area contributed by atoms with E-state index in [1.54, 1.807) is 0 Å². The molecule has 0 amide bonds. The van der Waals surface area contributed by atoms with E-state index in [-0.39, 0.29) is 6.29 Å². The minimum atomic E-state index is -5.71. The number of aliphatic hydroxyl groups excluding tert-OH is 4. The van der Waals surface area contributed by atoms with Crippen molar-refractivity contribution >= 4 is 20.1 Å². The minimum absolute atomic E-state index is 0.196. The molecule has 0 aliphatic heterocycles. The van der Waals surface area contributed by atoms with Gasteiger partial charge in [0.15, 0.2) is 12.4 Å². The largest absolute Gasteiger partial charge is 0.780 e. The van der Waals surface area contributed by atoms with Gasteiger partial charge in [0.25, 0.3) is 0 Å². The number of aldehydes is 1. The molecule has 0 aliphatic rings. The second-order valence-electron chi connectivity index (χ2n) is 2.91. The average Bonchev–Trinajstić information content (AvgIpc) is 2.22. The normalized spacial score (nSPS) is 18.9. The Morgan fingerprint density at radius 3 is 2.00 bits per heavy atom. The van der Waals surface area contributed by atoms with E-state index in [1.165, 1.54) is 0 Å². The molecule has 4 N–H and O–H groups in total. The summed E-state index contributed by atoms with van der Waals surface area (Å²) in [4.78, 5) is 40.7. The van der Waals surface area contributed by atoms with E-state index in [0.717, 1.165) is 0 Å². The van der Waals surface area contributed by atoms with Gasteiger partial charge >= 0.3 is 5.97 Å². The molecule has 0 aromatic heterocycles. The van der Waals surface area contributed by atoms with E-state index in [2.05, 4.69) is 4.52 Å². The van der Waals surface area contributed by atoms with E-state index >= 15 is 0 Å². The molecule has 4 atom stereocenters. The highest BCUT2D eigenvalue weighted by Crippen LogP contribution is 2.25. The highest BCUT2D eigenvalue weighted by atomic mass is 31.2. The first kappa shape index (κ1) is 16.1. The highest BCUT2D eigenvalue weighted by molar-refractivity contribution is 7.43. The number of aliphatic hydroxyl groups is 4. The van der Waals surface area contributed by atoms with E-state index in [9.17, 15) is 23.9 Å². The van der Waals surface area contributed by atoms with Gasteiger partial charge in [0.1, 0.15) is 26.1 Å². The van der Waals surface area contributed by atoms with E-state index in [1.807, 2.05) is 0 Å². The first-order chi connectivity index (χ1) is 7.60. The predicted molar refractivity (Wildman–Crippen MR) is 43.8 cm³/mol. The van der Waals surface area contributed by atoms with Crippen LogP contribution in [0.2, 0.25) is 0 Å². The van der Waals surface area contributed by atoms with Gasteiger partial charge < -0.3 is 44.1 Å². The summed E-state index contributed by atoms with van der Waals surface area (Å²) in [6.45, 7) is 0. The Hall–Kier alpha value is -0.870. The van der Waals surface area contributed by atoms with Crippen molar-refractivity contribution in [1.29, 1.82) is 0 Å². The number of phosphoric ester groups is 1. The van der Waals surface area contributed by atoms with Gasteiger partial charge in [-0.25, -0.2) is 4.79 Å². The number of phosphoric acid groups is 1. The molecule has 0 rings (SSSR count). The second-order valence-corrected chi connectivity index (χ2v) is 3.99. The van der Waals surface area contributed by atoms with Crippen LogP contribution in [0.3, 0.4) is 0 Å². The third kappa shape index (κ3) is 5.33. The summed E-state index contributed by atoms with van der Waals surface area (Å²) < 4.78 is 13.2. The molecule has 0 fully saturated rings. The summed E-state index contributed by atoms with van der Waals surface area (Å²) in [6, 6.07) is 0. The topological polar surface area (TPSA) is 187 Å². The van der Waals surface area contributed by atoms with Crippen molar-refractivity contribution in [2.75, 3.05) is 0 Å². The second kappa shape index (κ2) is 6.17. The van der Waals surface area contributed by atoms with Crippen molar-refractivity contribution in [3.63, 3.8) is 0 Å². The SMILES string of the molecule is O=C[C@@H](O)[C@@H](O)[C@H](O)[C@@H](O)C(=O)OP(=O)([O-])[O-]. The zero-order valence-electron chi connectivity index (χ0n) is 8.07. The summed E-state index contributed by atoms with van der Waals surface area (Å²) in [5.41, 5.74) is 0. The fourth-order valence-electron chi connectivity index (χ4n) is 0.773. The van der Waals surface area contributed by atoms with E-state index < -0.39 is 38.2 Å². The number of hydrogen-bond donors (Lipinski definition) is 4. The monoisotopic (exact) mass is 272 g/mol. The fraction of sp³-hybridized carbons (Fsp3) is 0.667. The quantitative estimate of drug-likeness (QED) is 0.269. The zero-order chi connectivity index (χ0) is 13.8. The third-order valence-electron chi connectivity index (χ3n) is 1.61. The molecule has 0 aliphatic carbocycles. The lowest BCUT2D eigenvalue weighted by molar-refractivity contribution is -0.338. The summed E-state index contributed by atoms with van der Waals surface area (Å²) in [5, 5.41) is 35.7. The van der Waals surface area contributed by atoms with Crippen LogP contribution in [0.25, 0.3) is 0 Å². The van der Waals surface area contributed by atoms with Gasteiger partial charge in [0, 0.05) is 0 Å². The number of carbonyl (C=O) groups is 2. The maximum absolute atomic E-state index is 10.7. The first-order valence-corrected chi connectivity index (χ1v) is 5.49. The van der Waals surface area contributed by atoms with Gasteiger partial charge in [-0.3, -0.25) is 0 Å². The molecule has 17 heavy (non-hydrogen) atoms.